The zero-order valence-corrected chi connectivity index (χ0v) is 35.1. The van der Waals surface area contributed by atoms with Crippen molar-refractivity contribution in [2.24, 2.45) is 17.8 Å². The SMILES string of the molecule is CCCCCCCCCCCC1OCC2O[C@H](OC)C(OC(=O)O[C@@H]3C(OC(=O)C(C)C)[C@@H](OC)OC4COC(/C=C/c5ccccc5)O[C@H]43)[C@@H](CC(C)C)[C@@H]2O1. The molecule has 0 radical (unpaired) electrons. The minimum absolute atomic E-state index is 0.107. The van der Waals surface area contributed by atoms with Crippen LogP contribution in [0, 0.1) is 17.8 Å². The van der Waals surface area contributed by atoms with E-state index in [0.29, 0.717) is 13.0 Å². The Kier molecular flexibility index (Phi) is 18.5. The fourth-order valence-electron chi connectivity index (χ4n) is 8.03. The third-order valence-corrected chi connectivity index (χ3v) is 11.0. The number of carbonyl (C=O) groups is 2. The Morgan fingerprint density at radius 2 is 1.33 bits per heavy atom. The molecule has 0 amide bonds. The predicted molar refractivity (Wildman–Crippen MR) is 211 cm³/mol. The van der Waals surface area contributed by atoms with Crippen LogP contribution in [0.5, 0.6) is 0 Å². The van der Waals surface area contributed by atoms with Crippen LogP contribution >= 0.6 is 0 Å². The number of methoxy groups -OCH3 is 2. The number of benzene rings is 1. The van der Waals surface area contributed by atoms with Crippen molar-refractivity contribution >= 4 is 18.2 Å². The van der Waals surface area contributed by atoms with Gasteiger partial charge in [0.2, 0.25) is 0 Å². The normalized spacial score (nSPS) is 32.9. The van der Waals surface area contributed by atoms with Crippen LogP contribution < -0.4 is 0 Å². The molecule has 322 valence electrons. The van der Waals surface area contributed by atoms with Crippen molar-refractivity contribution < 1.29 is 61.7 Å². The van der Waals surface area contributed by atoms with E-state index in [2.05, 4.69) is 20.8 Å². The summed E-state index contributed by atoms with van der Waals surface area (Å²) in [6.07, 6.45) is 6.42. The van der Waals surface area contributed by atoms with Crippen LogP contribution in [0.1, 0.15) is 111 Å². The number of hydrogen-bond acceptors (Lipinski definition) is 13. The monoisotopic (exact) mass is 804 g/mol. The van der Waals surface area contributed by atoms with Gasteiger partial charge < -0.3 is 52.1 Å². The number of rotatable bonds is 20. The lowest BCUT2D eigenvalue weighted by molar-refractivity contribution is -0.357. The second kappa shape index (κ2) is 23.2. The van der Waals surface area contributed by atoms with Gasteiger partial charge >= 0.3 is 12.1 Å². The molecule has 12 atom stereocenters. The smallest absolute Gasteiger partial charge is 0.453 e. The van der Waals surface area contributed by atoms with Crippen LogP contribution in [0.15, 0.2) is 36.4 Å². The third kappa shape index (κ3) is 13.2. The first-order valence-corrected chi connectivity index (χ1v) is 21.3. The predicted octanol–water partition coefficient (Wildman–Crippen LogP) is 7.97. The van der Waals surface area contributed by atoms with E-state index in [0.717, 1.165) is 24.8 Å². The molecule has 6 unspecified atom stereocenters. The van der Waals surface area contributed by atoms with Gasteiger partial charge in [-0.15, -0.1) is 0 Å². The summed E-state index contributed by atoms with van der Waals surface area (Å²) in [7, 11) is 2.95. The maximum absolute atomic E-state index is 14.1. The summed E-state index contributed by atoms with van der Waals surface area (Å²) < 4.78 is 67.2. The molecule has 4 saturated heterocycles. The quantitative estimate of drug-likeness (QED) is 0.0932. The molecule has 4 aliphatic heterocycles. The Morgan fingerprint density at radius 1 is 0.719 bits per heavy atom. The summed E-state index contributed by atoms with van der Waals surface area (Å²) in [5.74, 6) is -1.03. The topological polar surface area (TPSA) is 136 Å². The van der Waals surface area contributed by atoms with Gasteiger partial charge in [-0.2, -0.15) is 0 Å². The van der Waals surface area contributed by atoms with Crippen molar-refractivity contribution in [2.75, 3.05) is 27.4 Å². The van der Waals surface area contributed by atoms with E-state index in [1.54, 1.807) is 19.9 Å². The second-order valence-corrected chi connectivity index (χ2v) is 16.4. The first-order valence-electron chi connectivity index (χ1n) is 21.3. The Balaban J connectivity index is 1.29. The van der Waals surface area contributed by atoms with Crippen LogP contribution in [-0.2, 0) is 56.9 Å². The van der Waals surface area contributed by atoms with Gasteiger partial charge in [-0.1, -0.05) is 122 Å². The van der Waals surface area contributed by atoms with E-state index in [1.165, 1.54) is 59.2 Å². The van der Waals surface area contributed by atoms with Gasteiger partial charge in [-0.25, -0.2) is 4.79 Å². The van der Waals surface area contributed by atoms with E-state index < -0.39 is 79.6 Å². The molecule has 4 aliphatic rings. The Labute approximate surface area is 339 Å². The van der Waals surface area contributed by atoms with Crippen LogP contribution in [0.2, 0.25) is 0 Å². The zero-order valence-electron chi connectivity index (χ0n) is 35.1. The van der Waals surface area contributed by atoms with Gasteiger partial charge in [-0.05, 0) is 36.8 Å². The fraction of sp³-hybridized carbons (Fsp3) is 0.773. The average Bonchev–Trinajstić information content (AvgIpc) is 3.20. The molecule has 0 bridgehead atoms. The number of hydrogen-bond donors (Lipinski definition) is 0. The maximum Gasteiger partial charge on any atom is 0.509 e. The number of carbonyl (C=O) groups excluding carboxylic acids is 2. The second-order valence-electron chi connectivity index (χ2n) is 16.4. The first kappa shape index (κ1) is 45.5. The molecular weight excluding hydrogens is 736 g/mol. The van der Waals surface area contributed by atoms with Crippen molar-refractivity contribution in [2.45, 2.75) is 173 Å². The van der Waals surface area contributed by atoms with E-state index in [4.69, 9.17) is 52.1 Å². The van der Waals surface area contributed by atoms with Crippen molar-refractivity contribution in [1.82, 2.24) is 0 Å². The standard InChI is InChI=1S/C44H68O13/c1-8-9-10-11-12-13-14-15-19-22-34-49-26-32-36(53-34)31(25-28(2)3)37(42(47-6)51-32)56-44(46)57-39-38-33(52-43(48-7)40(39)55-41(45)29(4)5)27-50-35(54-38)24-23-30-20-17-16-18-21-30/h16-18,20-21,23-24,28-29,31-40,42-43H,8-15,19,22,25-27H2,1-7H3/b24-23+/t31-,32?,33?,34?,35?,36-,37?,38+,39-,40?,42-,43-/m0/s1. The molecule has 57 heavy (non-hydrogen) atoms. The van der Waals surface area contributed by atoms with Crippen LogP contribution in [-0.4, -0.2) is 107 Å². The molecule has 5 rings (SSSR count). The minimum atomic E-state index is -1.18. The Bertz CT molecular complexity index is 1360. The Hall–Kier alpha value is -2.62. The molecule has 0 aromatic heterocycles. The summed E-state index contributed by atoms with van der Waals surface area (Å²) in [5, 5.41) is 0. The molecule has 1 aromatic carbocycles. The molecule has 13 heteroatoms. The summed E-state index contributed by atoms with van der Waals surface area (Å²) in [4.78, 5) is 27.1. The molecule has 4 heterocycles. The number of esters is 1. The highest BCUT2D eigenvalue weighted by molar-refractivity contribution is 5.72. The molecule has 0 aliphatic carbocycles. The highest BCUT2D eigenvalue weighted by Crippen LogP contribution is 2.40. The lowest BCUT2D eigenvalue weighted by Crippen LogP contribution is -2.65. The summed E-state index contributed by atoms with van der Waals surface area (Å²) in [5.41, 5.74) is 0.954. The fourth-order valence-corrected chi connectivity index (χ4v) is 8.03. The Morgan fingerprint density at radius 3 is 1.98 bits per heavy atom. The first-order chi connectivity index (χ1) is 27.6. The number of fused-ring (bicyclic) bond motifs is 2. The van der Waals surface area contributed by atoms with E-state index in [9.17, 15) is 9.59 Å². The lowest BCUT2D eigenvalue weighted by atomic mass is 9.82. The molecule has 0 spiro atoms. The zero-order chi connectivity index (χ0) is 40.7. The van der Waals surface area contributed by atoms with Gasteiger partial charge in [0.25, 0.3) is 0 Å². The van der Waals surface area contributed by atoms with Gasteiger partial charge in [0.1, 0.15) is 18.3 Å². The van der Waals surface area contributed by atoms with Crippen LogP contribution in [0.3, 0.4) is 0 Å². The van der Waals surface area contributed by atoms with E-state index in [-0.39, 0.29) is 24.7 Å². The molecule has 13 nitrogen and oxygen atoms in total. The molecule has 4 fully saturated rings. The maximum atomic E-state index is 14.1. The van der Waals surface area contributed by atoms with Gasteiger partial charge in [-0.3, -0.25) is 4.79 Å². The highest BCUT2D eigenvalue weighted by Gasteiger charge is 2.56. The van der Waals surface area contributed by atoms with E-state index >= 15 is 0 Å². The van der Waals surface area contributed by atoms with Crippen molar-refractivity contribution in [3.05, 3.63) is 42.0 Å². The largest absolute Gasteiger partial charge is 0.509 e. The van der Waals surface area contributed by atoms with Crippen LogP contribution in [0.25, 0.3) is 6.08 Å². The van der Waals surface area contributed by atoms with Crippen molar-refractivity contribution in [3.8, 4) is 0 Å². The molecular formula is C44H68O13. The molecule has 0 saturated carbocycles. The van der Waals surface area contributed by atoms with Gasteiger partial charge in [0.05, 0.1) is 25.2 Å². The highest BCUT2D eigenvalue weighted by atomic mass is 16.8. The average molecular weight is 805 g/mol. The van der Waals surface area contributed by atoms with Crippen molar-refractivity contribution in [3.63, 3.8) is 0 Å². The lowest BCUT2D eigenvalue weighted by Gasteiger charge is -2.49. The molecule has 1 aromatic rings. The van der Waals surface area contributed by atoms with E-state index in [1.807, 2.05) is 36.4 Å². The van der Waals surface area contributed by atoms with Gasteiger partial charge in [0, 0.05) is 20.1 Å². The summed E-state index contributed by atoms with van der Waals surface area (Å²) in [6, 6.07) is 9.72. The minimum Gasteiger partial charge on any atom is -0.453 e. The third-order valence-electron chi connectivity index (χ3n) is 11.0. The number of unbranched alkanes of at least 4 members (excludes halogenated alkanes) is 8. The van der Waals surface area contributed by atoms with Crippen molar-refractivity contribution in [1.29, 1.82) is 0 Å². The van der Waals surface area contributed by atoms with Gasteiger partial charge in [0.15, 0.2) is 43.5 Å². The van der Waals surface area contributed by atoms with Crippen LogP contribution in [0.4, 0.5) is 4.79 Å². The number of ether oxygens (including phenoxy) is 11. The summed E-state index contributed by atoms with van der Waals surface area (Å²) >= 11 is 0. The molecule has 0 N–H and O–H groups in total. The summed E-state index contributed by atoms with van der Waals surface area (Å²) in [6.45, 7) is 10.4.